The van der Waals surface area contributed by atoms with Gasteiger partial charge in [-0.1, -0.05) is 39.0 Å². The number of rotatable bonds is 3. The second-order valence-electron chi connectivity index (χ2n) is 5.05. The van der Waals surface area contributed by atoms with E-state index in [0.717, 1.165) is 18.7 Å². The number of hydrogen-bond donors (Lipinski definition) is 0. The molecule has 0 bridgehead atoms. The smallest absolute Gasteiger partial charge is 0.237 e. The van der Waals surface area contributed by atoms with Gasteiger partial charge in [-0.25, -0.2) is 0 Å². The summed E-state index contributed by atoms with van der Waals surface area (Å²) in [5.74, 6) is 0.608. The first-order chi connectivity index (χ1) is 8.09. The van der Waals surface area contributed by atoms with Crippen LogP contribution in [0.4, 0.5) is 5.69 Å². The van der Waals surface area contributed by atoms with Crippen molar-refractivity contribution in [1.29, 1.82) is 0 Å². The van der Waals surface area contributed by atoms with Gasteiger partial charge in [-0.2, -0.15) is 0 Å². The summed E-state index contributed by atoms with van der Waals surface area (Å²) < 4.78 is 0. The van der Waals surface area contributed by atoms with Gasteiger partial charge in [0.1, 0.15) is 0 Å². The van der Waals surface area contributed by atoms with Crippen LogP contribution in [0, 0.1) is 5.92 Å². The van der Waals surface area contributed by atoms with Crippen molar-refractivity contribution in [2.75, 3.05) is 11.4 Å². The quantitative estimate of drug-likeness (QED) is 0.781. The van der Waals surface area contributed by atoms with Gasteiger partial charge < -0.3 is 4.90 Å². The van der Waals surface area contributed by atoms with Crippen molar-refractivity contribution in [3.05, 3.63) is 29.8 Å². The van der Waals surface area contributed by atoms with Crippen molar-refractivity contribution in [2.24, 2.45) is 5.92 Å². The van der Waals surface area contributed by atoms with Crippen LogP contribution >= 0.6 is 0 Å². The number of likely N-dealkylation sites (N-methyl/N-ethyl adjacent to an activating group) is 1. The molecule has 0 aliphatic carbocycles. The minimum atomic E-state index is -0.313. The first kappa shape index (κ1) is 12.2. The summed E-state index contributed by atoms with van der Waals surface area (Å²) in [5.41, 5.74) is 2.01. The summed E-state index contributed by atoms with van der Waals surface area (Å²) >= 11 is 0. The Morgan fingerprint density at radius 1 is 1.24 bits per heavy atom. The van der Waals surface area contributed by atoms with Crippen molar-refractivity contribution in [2.45, 2.75) is 39.5 Å². The molecule has 92 valence electrons. The Labute approximate surface area is 104 Å². The minimum absolute atomic E-state index is 0.277. The highest BCUT2D eigenvalue weighted by atomic mass is 16.2. The molecule has 1 atom stereocenters. The summed E-state index contributed by atoms with van der Waals surface area (Å²) in [6.07, 6.45) is 0.872. The molecule has 0 saturated carbocycles. The third-order valence-corrected chi connectivity index (χ3v) is 4.16. The van der Waals surface area contributed by atoms with E-state index in [-0.39, 0.29) is 11.3 Å². The molecule has 0 saturated heterocycles. The van der Waals surface area contributed by atoms with Crippen LogP contribution < -0.4 is 4.90 Å². The minimum Gasteiger partial charge on any atom is -0.312 e. The van der Waals surface area contributed by atoms with Crippen LogP contribution in [-0.2, 0) is 10.2 Å². The Morgan fingerprint density at radius 3 is 2.41 bits per heavy atom. The van der Waals surface area contributed by atoms with Crippen LogP contribution in [0.1, 0.15) is 39.7 Å². The molecule has 0 fully saturated rings. The number of para-hydroxylation sites is 1. The van der Waals surface area contributed by atoms with Gasteiger partial charge in [-0.05, 0) is 30.9 Å². The molecule has 0 spiro atoms. The predicted molar refractivity (Wildman–Crippen MR) is 71.3 cm³/mol. The summed E-state index contributed by atoms with van der Waals surface area (Å²) in [4.78, 5) is 14.6. The molecule has 17 heavy (non-hydrogen) atoms. The van der Waals surface area contributed by atoms with E-state index in [1.807, 2.05) is 24.0 Å². The van der Waals surface area contributed by atoms with E-state index in [4.69, 9.17) is 0 Å². The van der Waals surface area contributed by atoms with Crippen LogP contribution in [0.15, 0.2) is 24.3 Å². The molecule has 2 rings (SSSR count). The molecule has 1 heterocycles. The lowest BCUT2D eigenvalue weighted by Crippen LogP contribution is -2.43. The van der Waals surface area contributed by atoms with Gasteiger partial charge in [-0.15, -0.1) is 0 Å². The van der Waals surface area contributed by atoms with Gasteiger partial charge in [0.05, 0.1) is 5.41 Å². The Balaban J connectivity index is 2.67. The highest BCUT2D eigenvalue weighted by molar-refractivity contribution is 6.08. The van der Waals surface area contributed by atoms with Crippen LogP contribution in [-0.4, -0.2) is 12.5 Å². The first-order valence-electron chi connectivity index (χ1n) is 6.51. The lowest BCUT2D eigenvalue weighted by atomic mass is 9.70. The maximum atomic E-state index is 12.7. The number of hydrogen-bond acceptors (Lipinski definition) is 1. The molecular formula is C15H21NO. The number of carbonyl (C=O) groups is 1. The highest BCUT2D eigenvalue weighted by Crippen LogP contribution is 2.48. The van der Waals surface area contributed by atoms with E-state index in [2.05, 4.69) is 32.9 Å². The van der Waals surface area contributed by atoms with Crippen LogP contribution in [0.5, 0.6) is 0 Å². The third-order valence-electron chi connectivity index (χ3n) is 4.16. The summed E-state index contributed by atoms with van der Waals surface area (Å²) in [7, 11) is 0. The maximum absolute atomic E-state index is 12.7. The molecule has 2 heteroatoms. The van der Waals surface area contributed by atoms with Gasteiger partial charge in [-0.3, -0.25) is 4.79 Å². The topological polar surface area (TPSA) is 20.3 Å². The van der Waals surface area contributed by atoms with Crippen LogP contribution in [0.25, 0.3) is 0 Å². The number of amides is 1. The number of nitrogens with zero attached hydrogens (tertiary/aromatic N) is 1. The first-order valence-corrected chi connectivity index (χ1v) is 6.51. The Hall–Kier alpha value is -1.31. The molecule has 1 amide bonds. The highest BCUT2D eigenvalue weighted by Gasteiger charge is 2.50. The maximum Gasteiger partial charge on any atom is 0.237 e. The number of anilines is 1. The molecule has 2 nitrogen and oxygen atoms in total. The molecule has 1 unspecified atom stereocenters. The fourth-order valence-electron chi connectivity index (χ4n) is 3.17. The van der Waals surface area contributed by atoms with Crippen molar-refractivity contribution in [3.8, 4) is 0 Å². The summed E-state index contributed by atoms with van der Waals surface area (Å²) in [6, 6.07) is 8.24. The van der Waals surface area contributed by atoms with Crippen molar-refractivity contribution in [3.63, 3.8) is 0 Å². The number of benzene rings is 1. The molecule has 0 radical (unpaired) electrons. The van der Waals surface area contributed by atoms with Crippen LogP contribution in [0.2, 0.25) is 0 Å². The zero-order valence-electron chi connectivity index (χ0n) is 11.2. The molecule has 0 aromatic heterocycles. The largest absolute Gasteiger partial charge is 0.312 e. The average Bonchev–Trinajstić information content (AvgIpc) is 2.57. The van der Waals surface area contributed by atoms with Gasteiger partial charge in [0.25, 0.3) is 0 Å². The lowest BCUT2D eigenvalue weighted by molar-refractivity contribution is -0.124. The molecule has 0 N–H and O–H groups in total. The molecule has 1 aliphatic heterocycles. The van der Waals surface area contributed by atoms with E-state index >= 15 is 0 Å². The third kappa shape index (κ3) is 1.43. The number of carbonyl (C=O) groups excluding carboxylic acids is 1. The zero-order valence-corrected chi connectivity index (χ0v) is 11.2. The van der Waals surface area contributed by atoms with E-state index < -0.39 is 0 Å². The van der Waals surface area contributed by atoms with Gasteiger partial charge in [0.2, 0.25) is 5.91 Å². The average molecular weight is 231 g/mol. The Bertz CT molecular complexity index is 438. The van der Waals surface area contributed by atoms with E-state index in [1.54, 1.807) is 0 Å². The van der Waals surface area contributed by atoms with Gasteiger partial charge in [0, 0.05) is 12.2 Å². The van der Waals surface area contributed by atoms with E-state index in [1.165, 1.54) is 5.56 Å². The van der Waals surface area contributed by atoms with Crippen molar-refractivity contribution >= 4 is 11.6 Å². The Morgan fingerprint density at radius 2 is 1.88 bits per heavy atom. The lowest BCUT2D eigenvalue weighted by Gasteiger charge is -2.31. The number of fused-ring (bicyclic) bond motifs is 1. The summed E-state index contributed by atoms with van der Waals surface area (Å²) in [6.45, 7) is 9.22. The van der Waals surface area contributed by atoms with E-state index in [9.17, 15) is 4.79 Å². The second kappa shape index (κ2) is 4.17. The fraction of sp³-hybridized carbons (Fsp3) is 0.533. The molecule has 1 aliphatic rings. The standard InChI is InChI=1S/C15H21NO/c1-5-15(11(3)4)12-9-7-8-10-13(12)16(6-2)14(15)17/h7-11H,5-6H2,1-4H3. The molecule has 1 aromatic rings. The van der Waals surface area contributed by atoms with Crippen LogP contribution in [0.3, 0.4) is 0 Å². The fourth-order valence-corrected chi connectivity index (χ4v) is 3.17. The molecular weight excluding hydrogens is 210 g/mol. The molecule has 1 aromatic carbocycles. The van der Waals surface area contributed by atoms with Gasteiger partial charge >= 0.3 is 0 Å². The second-order valence-corrected chi connectivity index (χ2v) is 5.05. The summed E-state index contributed by atoms with van der Waals surface area (Å²) in [5, 5.41) is 0. The predicted octanol–water partition coefficient (Wildman–Crippen LogP) is 3.36. The van der Waals surface area contributed by atoms with Gasteiger partial charge in [0.15, 0.2) is 0 Å². The Kier molecular flexibility index (Phi) is 2.98. The van der Waals surface area contributed by atoms with Crippen molar-refractivity contribution in [1.82, 2.24) is 0 Å². The normalized spacial score (nSPS) is 23.4. The monoisotopic (exact) mass is 231 g/mol. The van der Waals surface area contributed by atoms with Crippen molar-refractivity contribution < 1.29 is 4.79 Å². The zero-order chi connectivity index (χ0) is 12.6. The van der Waals surface area contributed by atoms with E-state index in [0.29, 0.717) is 5.92 Å². The SMILES string of the molecule is CCN1C(=O)C(CC)(C(C)C)c2ccccc21.